The van der Waals surface area contributed by atoms with Crippen molar-refractivity contribution in [1.29, 1.82) is 5.26 Å². The highest BCUT2D eigenvalue weighted by atomic mass is 16.6. The van der Waals surface area contributed by atoms with Crippen LogP contribution >= 0.6 is 0 Å². The maximum absolute atomic E-state index is 13.8. The van der Waals surface area contributed by atoms with Crippen molar-refractivity contribution in [3.8, 4) is 6.07 Å². The van der Waals surface area contributed by atoms with E-state index in [-0.39, 0.29) is 29.2 Å². The van der Waals surface area contributed by atoms with Crippen LogP contribution in [0, 0.1) is 28.1 Å². The molecule has 8 nitrogen and oxygen atoms in total. The number of rotatable bonds is 7. The Morgan fingerprint density at radius 3 is 2.45 bits per heavy atom. The number of ether oxygens (including phenoxy) is 2. The molecular weight excluding hydrogens is 420 g/mol. The molecule has 0 aromatic rings. The Hall–Kier alpha value is -1.85. The Morgan fingerprint density at radius 2 is 1.88 bits per heavy atom. The molecular formula is C25H42N4O4. The van der Waals surface area contributed by atoms with Crippen molar-refractivity contribution in [2.75, 3.05) is 45.9 Å². The van der Waals surface area contributed by atoms with Gasteiger partial charge in [0.15, 0.2) is 6.10 Å². The van der Waals surface area contributed by atoms with E-state index >= 15 is 0 Å². The van der Waals surface area contributed by atoms with Gasteiger partial charge in [-0.15, -0.1) is 0 Å². The van der Waals surface area contributed by atoms with E-state index in [2.05, 4.69) is 39.1 Å². The van der Waals surface area contributed by atoms with Crippen molar-refractivity contribution in [3.63, 3.8) is 0 Å². The van der Waals surface area contributed by atoms with Crippen LogP contribution in [0.15, 0.2) is 0 Å². The Labute approximate surface area is 198 Å². The second-order valence-corrected chi connectivity index (χ2v) is 11.6. The van der Waals surface area contributed by atoms with E-state index in [1.807, 2.05) is 0 Å². The standard InChI is InChI=1S/C25H42N4O4/c1-24(2)15-19(16-25(3,4)18-24)14-21(33-23(31)28-10-12-32-13-11-28)22(30)29(9-5-7-26)20-6-8-27-17-20/h19-21,27H,5-6,8-18H2,1-4H3. The Balaban J connectivity index is 1.79. The van der Waals surface area contributed by atoms with Gasteiger partial charge in [0.2, 0.25) is 0 Å². The zero-order chi connectivity index (χ0) is 24.1. The third kappa shape index (κ3) is 7.31. The summed E-state index contributed by atoms with van der Waals surface area (Å²) >= 11 is 0. The van der Waals surface area contributed by atoms with Crippen LogP contribution in [0.2, 0.25) is 0 Å². The molecule has 1 N–H and O–H groups in total. The van der Waals surface area contributed by atoms with E-state index < -0.39 is 12.2 Å². The SMILES string of the molecule is CC1(C)CC(CC(OC(=O)N2CCOCC2)C(=O)N(CCC#N)C2CCNC2)CC(C)(C)C1. The number of hydrogen-bond donors (Lipinski definition) is 1. The van der Waals surface area contributed by atoms with Gasteiger partial charge in [-0.3, -0.25) is 4.79 Å². The first kappa shape index (κ1) is 25.8. The summed E-state index contributed by atoms with van der Waals surface area (Å²) in [5.41, 5.74) is 0.369. The zero-order valence-electron chi connectivity index (χ0n) is 20.9. The van der Waals surface area contributed by atoms with Gasteiger partial charge in [-0.05, 0) is 55.4 Å². The van der Waals surface area contributed by atoms with E-state index in [9.17, 15) is 9.59 Å². The van der Waals surface area contributed by atoms with Gasteiger partial charge in [0.05, 0.1) is 25.7 Å². The smallest absolute Gasteiger partial charge is 0.410 e. The molecule has 2 amide bonds. The first-order valence-corrected chi connectivity index (χ1v) is 12.5. The Bertz CT molecular complexity index is 704. The number of amides is 2. The van der Waals surface area contributed by atoms with Crippen LogP contribution in [0.5, 0.6) is 0 Å². The third-order valence-corrected chi connectivity index (χ3v) is 7.20. The summed E-state index contributed by atoms with van der Waals surface area (Å²) in [4.78, 5) is 30.2. The predicted octanol–water partition coefficient (Wildman–Crippen LogP) is 3.17. The summed E-state index contributed by atoms with van der Waals surface area (Å²) in [5.74, 6) is 0.149. The second kappa shape index (κ2) is 11.1. The minimum absolute atomic E-state index is 0.0367. The molecule has 1 aliphatic carbocycles. The zero-order valence-corrected chi connectivity index (χ0v) is 20.9. The van der Waals surface area contributed by atoms with E-state index in [1.165, 1.54) is 0 Å². The van der Waals surface area contributed by atoms with E-state index in [0.29, 0.717) is 51.7 Å². The molecule has 186 valence electrons. The number of carbonyl (C=O) groups excluding carboxylic acids is 2. The van der Waals surface area contributed by atoms with E-state index in [1.54, 1.807) is 9.80 Å². The molecule has 3 aliphatic rings. The topological polar surface area (TPSA) is 94.9 Å². The first-order valence-electron chi connectivity index (χ1n) is 12.5. The molecule has 2 unspecified atom stereocenters. The number of hydrogen-bond acceptors (Lipinski definition) is 6. The molecule has 33 heavy (non-hydrogen) atoms. The summed E-state index contributed by atoms with van der Waals surface area (Å²) in [6.45, 7) is 13.0. The van der Waals surface area contributed by atoms with Gasteiger partial charge in [-0.1, -0.05) is 27.7 Å². The fourth-order valence-corrected chi connectivity index (χ4v) is 6.42. The molecule has 0 aromatic heterocycles. The number of nitrogens with zero attached hydrogens (tertiary/aromatic N) is 3. The molecule has 0 spiro atoms. The molecule has 2 saturated heterocycles. The largest absolute Gasteiger partial charge is 0.436 e. The number of morpholine rings is 1. The van der Waals surface area contributed by atoms with Gasteiger partial charge >= 0.3 is 6.09 Å². The minimum Gasteiger partial charge on any atom is -0.436 e. The lowest BCUT2D eigenvalue weighted by atomic mass is 9.60. The molecule has 0 aromatic carbocycles. The lowest BCUT2D eigenvalue weighted by Crippen LogP contribution is -2.51. The minimum atomic E-state index is -0.825. The highest BCUT2D eigenvalue weighted by molar-refractivity contribution is 5.84. The summed E-state index contributed by atoms with van der Waals surface area (Å²) < 4.78 is 11.3. The predicted molar refractivity (Wildman–Crippen MR) is 125 cm³/mol. The van der Waals surface area contributed by atoms with Gasteiger partial charge in [-0.2, -0.15) is 5.26 Å². The second-order valence-electron chi connectivity index (χ2n) is 11.6. The number of nitrogens with one attached hydrogen (secondary N) is 1. The van der Waals surface area contributed by atoms with Crippen LogP contribution in [0.1, 0.15) is 66.2 Å². The summed E-state index contributed by atoms with van der Waals surface area (Å²) in [6, 6.07) is 2.20. The molecule has 1 saturated carbocycles. The summed E-state index contributed by atoms with van der Waals surface area (Å²) in [5, 5.41) is 12.5. The molecule has 0 bridgehead atoms. The van der Waals surface area contributed by atoms with Crippen LogP contribution < -0.4 is 5.32 Å². The van der Waals surface area contributed by atoms with E-state index in [0.717, 1.165) is 32.2 Å². The number of nitriles is 1. The van der Waals surface area contributed by atoms with Gasteiger partial charge in [-0.25, -0.2) is 4.79 Å². The van der Waals surface area contributed by atoms with E-state index in [4.69, 9.17) is 14.7 Å². The van der Waals surface area contributed by atoms with Gasteiger partial charge in [0.25, 0.3) is 5.91 Å². The van der Waals surface area contributed by atoms with Crippen molar-refractivity contribution >= 4 is 12.0 Å². The maximum Gasteiger partial charge on any atom is 0.410 e. The van der Waals surface area contributed by atoms with Crippen LogP contribution in [0.3, 0.4) is 0 Å². The Kier molecular flexibility index (Phi) is 8.63. The van der Waals surface area contributed by atoms with Crippen LogP contribution in [0.25, 0.3) is 0 Å². The summed E-state index contributed by atoms with van der Waals surface area (Å²) in [6.07, 6.45) is 3.57. The third-order valence-electron chi connectivity index (χ3n) is 7.20. The highest BCUT2D eigenvalue weighted by Crippen LogP contribution is 2.49. The van der Waals surface area contributed by atoms with Crippen LogP contribution in [-0.2, 0) is 14.3 Å². The van der Waals surface area contributed by atoms with Crippen LogP contribution in [0.4, 0.5) is 4.79 Å². The lowest BCUT2D eigenvalue weighted by Gasteiger charge is -2.46. The molecule has 2 heterocycles. The fraction of sp³-hybridized carbons (Fsp3) is 0.880. The average Bonchev–Trinajstić information content (AvgIpc) is 3.26. The fourth-order valence-electron chi connectivity index (χ4n) is 6.42. The van der Waals surface area contributed by atoms with Gasteiger partial charge in [0.1, 0.15) is 0 Å². The quantitative estimate of drug-likeness (QED) is 0.624. The van der Waals surface area contributed by atoms with Crippen LogP contribution in [-0.4, -0.2) is 79.9 Å². The van der Waals surface area contributed by atoms with Crippen molar-refractivity contribution in [3.05, 3.63) is 0 Å². The number of carbonyl (C=O) groups is 2. The molecule has 2 atom stereocenters. The molecule has 8 heteroatoms. The molecule has 0 radical (unpaired) electrons. The normalized spacial score (nSPS) is 25.8. The summed E-state index contributed by atoms with van der Waals surface area (Å²) in [7, 11) is 0. The van der Waals surface area contributed by atoms with Crippen molar-refractivity contribution < 1.29 is 19.1 Å². The molecule has 3 fully saturated rings. The average molecular weight is 463 g/mol. The van der Waals surface area contributed by atoms with Crippen molar-refractivity contribution in [2.45, 2.75) is 78.4 Å². The first-order chi connectivity index (χ1) is 15.6. The van der Waals surface area contributed by atoms with Gasteiger partial charge in [0, 0.05) is 32.2 Å². The molecule has 2 aliphatic heterocycles. The lowest BCUT2D eigenvalue weighted by molar-refractivity contribution is -0.145. The molecule has 3 rings (SSSR count). The van der Waals surface area contributed by atoms with Gasteiger partial charge < -0.3 is 24.6 Å². The van der Waals surface area contributed by atoms with Crippen molar-refractivity contribution in [2.24, 2.45) is 16.7 Å². The maximum atomic E-state index is 13.8. The monoisotopic (exact) mass is 462 g/mol. The van der Waals surface area contributed by atoms with Crippen molar-refractivity contribution in [1.82, 2.24) is 15.1 Å². The highest BCUT2D eigenvalue weighted by Gasteiger charge is 2.42. The Morgan fingerprint density at radius 1 is 1.21 bits per heavy atom.